The lowest BCUT2D eigenvalue weighted by Gasteiger charge is -2.10. The summed E-state index contributed by atoms with van der Waals surface area (Å²) in [5.74, 6) is 3.32. The quantitative estimate of drug-likeness (QED) is 0.617. The van der Waals surface area contributed by atoms with Crippen LogP contribution >= 0.6 is 0 Å². The molecule has 0 unspecified atom stereocenters. The molecule has 0 atom stereocenters. The standard InChI is InChI=1S/C16H19N3O/c1-3-10-20-16-7-5-4-6-15(16)12-17-8-9-19-13-14(2)11-18-19/h1,4-7,11,13,17H,8-10,12H2,2H3. The monoisotopic (exact) mass is 269 g/mol. The van der Waals surface area contributed by atoms with Gasteiger partial charge in [0.25, 0.3) is 0 Å². The number of terminal acetylenes is 1. The molecule has 1 heterocycles. The van der Waals surface area contributed by atoms with E-state index in [-0.39, 0.29) is 0 Å². The molecule has 0 spiro atoms. The van der Waals surface area contributed by atoms with E-state index in [1.807, 2.05) is 48.3 Å². The Morgan fingerprint density at radius 1 is 1.40 bits per heavy atom. The summed E-state index contributed by atoms with van der Waals surface area (Å²) < 4.78 is 7.44. The number of nitrogens with zero attached hydrogens (tertiary/aromatic N) is 2. The Labute approximate surface area is 119 Å². The number of hydrogen-bond donors (Lipinski definition) is 1. The number of rotatable bonds is 7. The average molecular weight is 269 g/mol. The molecule has 2 aromatic rings. The maximum absolute atomic E-state index is 5.51. The number of aromatic nitrogens is 2. The van der Waals surface area contributed by atoms with Crippen LogP contribution in [0.15, 0.2) is 36.7 Å². The lowest BCUT2D eigenvalue weighted by Crippen LogP contribution is -2.20. The SMILES string of the molecule is C#CCOc1ccccc1CNCCn1cc(C)cn1. The second-order valence-electron chi connectivity index (χ2n) is 4.56. The predicted molar refractivity (Wildman–Crippen MR) is 79.4 cm³/mol. The van der Waals surface area contributed by atoms with Crippen LogP contribution in [0.25, 0.3) is 0 Å². The van der Waals surface area contributed by atoms with Gasteiger partial charge in [-0.1, -0.05) is 24.1 Å². The van der Waals surface area contributed by atoms with Crippen LogP contribution < -0.4 is 10.1 Å². The molecule has 2 rings (SSSR count). The molecule has 0 saturated carbocycles. The number of hydrogen-bond acceptors (Lipinski definition) is 3. The van der Waals surface area contributed by atoms with Crippen LogP contribution in [0, 0.1) is 19.3 Å². The first-order valence-corrected chi connectivity index (χ1v) is 6.63. The van der Waals surface area contributed by atoms with Crippen LogP contribution in [0.4, 0.5) is 0 Å². The van der Waals surface area contributed by atoms with Crippen molar-refractivity contribution >= 4 is 0 Å². The van der Waals surface area contributed by atoms with Gasteiger partial charge in [0.2, 0.25) is 0 Å². The van der Waals surface area contributed by atoms with E-state index < -0.39 is 0 Å². The van der Waals surface area contributed by atoms with Crippen molar-refractivity contribution in [1.82, 2.24) is 15.1 Å². The largest absolute Gasteiger partial charge is 0.481 e. The molecule has 0 aliphatic carbocycles. The maximum atomic E-state index is 5.51. The zero-order valence-electron chi connectivity index (χ0n) is 11.7. The van der Waals surface area contributed by atoms with Crippen LogP contribution in [-0.4, -0.2) is 22.9 Å². The third-order valence-electron chi connectivity index (χ3n) is 2.88. The highest BCUT2D eigenvalue weighted by atomic mass is 16.5. The van der Waals surface area contributed by atoms with E-state index >= 15 is 0 Å². The highest BCUT2D eigenvalue weighted by molar-refractivity contribution is 5.33. The van der Waals surface area contributed by atoms with Crippen LogP contribution in [0.3, 0.4) is 0 Å². The predicted octanol–water partition coefficient (Wildman–Crippen LogP) is 1.99. The minimum atomic E-state index is 0.295. The van der Waals surface area contributed by atoms with Crippen molar-refractivity contribution in [2.24, 2.45) is 0 Å². The maximum Gasteiger partial charge on any atom is 0.148 e. The Hall–Kier alpha value is -2.25. The summed E-state index contributed by atoms with van der Waals surface area (Å²) in [7, 11) is 0. The third kappa shape index (κ3) is 4.15. The van der Waals surface area contributed by atoms with Gasteiger partial charge in [0.1, 0.15) is 12.4 Å². The number of ether oxygens (including phenoxy) is 1. The zero-order chi connectivity index (χ0) is 14.2. The lowest BCUT2D eigenvalue weighted by atomic mass is 10.2. The summed E-state index contributed by atoms with van der Waals surface area (Å²) in [6.07, 6.45) is 9.11. The Kier molecular flexibility index (Phi) is 5.22. The van der Waals surface area contributed by atoms with Gasteiger partial charge >= 0.3 is 0 Å². The molecule has 1 aromatic heterocycles. The zero-order valence-corrected chi connectivity index (χ0v) is 11.7. The van der Waals surface area contributed by atoms with E-state index in [1.54, 1.807) is 0 Å². The van der Waals surface area contributed by atoms with E-state index in [4.69, 9.17) is 11.2 Å². The van der Waals surface area contributed by atoms with E-state index in [0.29, 0.717) is 6.61 Å². The fraction of sp³-hybridized carbons (Fsp3) is 0.312. The minimum absolute atomic E-state index is 0.295. The van der Waals surface area contributed by atoms with Gasteiger partial charge in [-0.05, 0) is 18.6 Å². The first kappa shape index (κ1) is 14.2. The summed E-state index contributed by atoms with van der Waals surface area (Å²) in [4.78, 5) is 0. The van der Waals surface area contributed by atoms with Gasteiger partial charge in [-0.15, -0.1) is 6.42 Å². The summed E-state index contributed by atoms with van der Waals surface area (Å²) in [6.45, 7) is 4.78. The first-order chi connectivity index (χ1) is 9.79. The van der Waals surface area contributed by atoms with Crippen molar-refractivity contribution in [3.63, 3.8) is 0 Å². The smallest absolute Gasteiger partial charge is 0.148 e. The minimum Gasteiger partial charge on any atom is -0.481 e. The topological polar surface area (TPSA) is 39.1 Å². The molecule has 4 heteroatoms. The van der Waals surface area contributed by atoms with Crippen molar-refractivity contribution in [2.75, 3.05) is 13.2 Å². The molecule has 0 fully saturated rings. The van der Waals surface area contributed by atoms with Crippen LogP contribution in [0.2, 0.25) is 0 Å². The van der Waals surface area contributed by atoms with Gasteiger partial charge in [0.15, 0.2) is 0 Å². The summed E-state index contributed by atoms with van der Waals surface area (Å²) in [5, 5.41) is 7.63. The van der Waals surface area contributed by atoms with Crippen molar-refractivity contribution in [3.05, 3.63) is 47.8 Å². The Morgan fingerprint density at radius 2 is 2.25 bits per heavy atom. The molecular formula is C16H19N3O. The van der Waals surface area contributed by atoms with Gasteiger partial charge in [0, 0.05) is 24.8 Å². The summed E-state index contributed by atoms with van der Waals surface area (Å²) in [5.41, 5.74) is 2.29. The van der Waals surface area contributed by atoms with Gasteiger partial charge in [-0.25, -0.2) is 0 Å². The highest BCUT2D eigenvalue weighted by Crippen LogP contribution is 2.17. The molecule has 0 saturated heterocycles. The van der Waals surface area contributed by atoms with Crippen molar-refractivity contribution in [3.8, 4) is 18.1 Å². The fourth-order valence-corrected chi connectivity index (χ4v) is 1.92. The van der Waals surface area contributed by atoms with Gasteiger partial charge in [-0.2, -0.15) is 5.10 Å². The molecule has 20 heavy (non-hydrogen) atoms. The van der Waals surface area contributed by atoms with Crippen LogP contribution in [-0.2, 0) is 13.1 Å². The Bertz CT molecular complexity index is 583. The lowest BCUT2D eigenvalue weighted by molar-refractivity contribution is 0.364. The van der Waals surface area contributed by atoms with Gasteiger partial charge in [-0.3, -0.25) is 4.68 Å². The fourth-order valence-electron chi connectivity index (χ4n) is 1.92. The molecule has 1 aromatic carbocycles. The Morgan fingerprint density at radius 3 is 3.00 bits per heavy atom. The summed E-state index contributed by atoms with van der Waals surface area (Å²) in [6, 6.07) is 7.92. The van der Waals surface area contributed by atoms with Gasteiger partial charge < -0.3 is 10.1 Å². The van der Waals surface area contributed by atoms with Crippen LogP contribution in [0.5, 0.6) is 5.75 Å². The van der Waals surface area contributed by atoms with E-state index in [2.05, 4.69) is 16.3 Å². The van der Waals surface area contributed by atoms with Crippen molar-refractivity contribution in [2.45, 2.75) is 20.0 Å². The molecule has 0 amide bonds. The van der Waals surface area contributed by atoms with Crippen LogP contribution in [0.1, 0.15) is 11.1 Å². The molecule has 4 nitrogen and oxygen atoms in total. The number of aryl methyl sites for hydroxylation is 1. The molecule has 0 bridgehead atoms. The Balaban J connectivity index is 1.80. The third-order valence-corrected chi connectivity index (χ3v) is 2.88. The van der Waals surface area contributed by atoms with Crippen molar-refractivity contribution < 1.29 is 4.74 Å². The second kappa shape index (κ2) is 7.37. The first-order valence-electron chi connectivity index (χ1n) is 6.63. The molecule has 0 aliphatic heterocycles. The summed E-state index contributed by atoms with van der Waals surface area (Å²) >= 11 is 0. The molecule has 0 aliphatic rings. The number of benzene rings is 1. The number of para-hydroxylation sites is 1. The van der Waals surface area contributed by atoms with Crippen molar-refractivity contribution in [1.29, 1.82) is 0 Å². The van der Waals surface area contributed by atoms with E-state index in [1.165, 1.54) is 5.56 Å². The number of nitrogens with one attached hydrogen (secondary N) is 1. The molecular weight excluding hydrogens is 250 g/mol. The van der Waals surface area contributed by atoms with E-state index in [9.17, 15) is 0 Å². The average Bonchev–Trinajstić information content (AvgIpc) is 2.88. The van der Waals surface area contributed by atoms with Gasteiger partial charge in [0.05, 0.1) is 12.7 Å². The molecule has 1 N–H and O–H groups in total. The highest BCUT2D eigenvalue weighted by Gasteiger charge is 2.02. The normalized spacial score (nSPS) is 10.2. The molecule has 104 valence electrons. The molecule has 0 radical (unpaired) electrons. The second-order valence-corrected chi connectivity index (χ2v) is 4.56. The van der Waals surface area contributed by atoms with E-state index in [0.717, 1.165) is 30.9 Å².